The number of aromatic amines is 1. The maximum Gasteiger partial charge on any atom is 0.191 e. The fourth-order valence-electron chi connectivity index (χ4n) is 3.37. The molecule has 0 fully saturated rings. The molecule has 1 aliphatic carbocycles. The van der Waals surface area contributed by atoms with Crippen molar-refractivity contribution in [2.75, 3.05) is 0 Å². The van der Waals surface area contributed by atoms with Gasteiger partial charge in [-0.15, -0.1) is 11.8 Å². The zero-order valence-corrected chi connectivity index (χ0v) is 15.8. The van der Waals surface area contributed by atoms with Crippen LogP contribution in [0.3, 0.4) is 0 Å². The van der Waals surface area contributed by atoms with E-state index < -0.39 is 0 Å². The Morgan fingerprint density at radius 3 is 3.04 bits per heavy atom. The molecule has 0 bridgehead atoms. The number of halogens is 1. The van der Waals surface area contributed by atoms with Gasteiger partial charge in [0.2, 0.25) is 0 Å². The molecule has 0 saturated heterocycles. The van der Waals surface area contributed by atoms with Crippen LogP contribution < -0.4 is 5.43 Å². The minimum Gasteiger partial charge on any atom is -0.346 e. The Hall–Kier alpha value is -2.64. The molecule has 0 saturated carbocycles. The molecule has 5 rings (SSSR count). The molecule has 27 heavy (non-hydrogen) atoms. The SMILES string of the molecule is Cn1ccc(-c2nc3[nH]ccc(=O)c3cc2C2=CC3SC=NC3C(Cl)=C2)n1. The summed E-state index contributed by atoms with van der Waals surface area (Å²) in [7, 11) is 1.86. The molecule has 6 nitrogen and oxygen atoms in total. The smallest absolute Gasteiger partial charge is 0.191 e. The van der Waals surface area contributed by atoms with Crippen LogP contribution in [-0.2, 0) is 7.05 Å². The molecule has 2 unspecified atom stereocenters. The molecule has 0 spiro atoms. The van der Waals surface area contributed by atoms with Gasteiger partial charge >= 0.3 is 0 Å². The second-order valence-electron chi connectivity index (χ2n) is 6.45. The molecular weight excluding hydrogens is 382 g/mol. The van der Waals surface area contributed by atoms with Gasteiger partial charge in [-0.2, -0.15) is 5.10 Å². The second kappa shape index (κ2) is 6.21. The monoisotopic (exact) mass is 395 g/mol. The normalized spacial score (nSPS) is 21.3. The Morgan fingerprint density at radius 1 is 1.33 bits per heavy atom. The van der Waals surface area contributed by atoms with Crippen LogP contribution in [-0.4, -0.2) is 36.6 Å². The molecule has 1 N–H and O–H groups in total. The first kappa shape index (κ1) is 16.5. The number of hydrogen-bond donors (Lipinski definition) is 1. The highest BCUT2D eigenvalue weighted by Crippen LogP contribution is 2.39. The van der Waals surface area contributed by atoms with Gasteiger partial charge in [0.1, 0.15) is 23.1 Å². The largest absolute Gasteiger partial charge is 0.346 e. The molecule has 3 aromatic rings. The molecule has 134 valence electrons. The molecule has 0 radical (unpaired) electrons. The van der Waals surface area contributed by atoms with Gasteiger partial charge < -0.3 is 4.98 Å². The van der Waals surface area contributed by atoms with E-state index in [9.17, 15) is 4.79 Å². The van der Waals surface area contributed by atoms with E-state index in [4.69, 9.17) is 16.6 Å². The maximum atomic E-state index is 12.3. The van der Waals surface area contributed by atoms with E-state index in [1.807, 2.05) is 37.0 Å². The molecule has 8 heteroatoms. The number of nitrogens with zero attached hydrogens (tertiary/aromatic N) is 4. The van der Waals surface area contributed by atoms with Crippen LogP contribution in [0.15, 0.2) is 57.6 Å². The lowest BCUT2D eigenvalue weighted by Gasteiger charge is -2.21. The first-order chi connectivity index (χ1) is 13.1. The van der Waals surface area contributed by atoms with E-state index in [0.717, 1.165) is 16.8 Å². The minimum atomic E-state index is -0.0759. The third kappa shape index (κ3) is 2.74. The Labute approximate surface area is 163 Å². The topological polar surface area (TPSA) is 75.9 Å². The van der Waals surface area contributed by atoms with Gasteiger partial charge in [-0.05, 0) is 23.8 Å². The van der Waals surface area contributed by atoms with E-state index in [0.29, 0.717) is 21.8 Å². The van der Waals surface area contributed by atoms with Crippen LogP contribution in [0.25, 0.3) is 28.0 Å². The maximum absolute atomic E-state index is 12.3. The standard InChI is InChI=1S/C19H14ClN5OS/c1-25-5-3-14(24-25)17-11(8-12-15(26)2-4-21-19(12)23-17)10-6-13(20)18-16(7-10)27-9-22-18/h2-9,16,18H,1H3,(H,21,23,26). The quantitative estimate of drug-likeness (QED) is 0.721. The van der Waals surface area contributed by atoms with Crippen LogP contribution in [0.1, 0.15) is 5.56 Å². The molecule has 4 heterocycles. The van der Waals surface area contributed by atoms with Gasteiger partial charge in [0.15, 0.2) is 5.43 Å². The van der Waals surface area contributed by atoms with Crippen molar-refractivity contribution in [3.8, 4) is 11.4 Å². The molecule has 2 atom stereocenters. The third-order valence-electron chi connectivity index (χ3n) is 4.68. The number of pyridine rings is 2. The lowest BCUT2D eigenvalue weighted by molar-refractivity contribution is 0.770. The number of fused-ring (bicyclic) bond motifs is 2. The Morgan fingerprint density at radius 2 is 2.22 bits per heavy atom. The summed E-state index contributed by atoms with van der Waals surface area (Å²) in [5, 5.41) is 5.88. The first-order valence-electron chi connectivity index (χ1n) is 8.39. The first-order valence-corrected chi connectivity index (χ1v) is 9.71. The second-order valence-corrected chi connectivity index (χ2v) is 7.91. The van der Waals surface area contributed by atoms with Gasteiger partial charge in [-0.25, -0.2) is 4.98 Å². The van der Waals surface area contributed by atoms with Gasteiger partial charge in [0, 0.05) is 36.1 Å². The van der Waals surface area contributed by atoms with Gasteiger partial charge in [0.05, 0.1) is 16.2 Å². The molecule has 1 aliphatic heterocycles. The predicted molar refractivity (Wildman–Crippen MR) is 110 cm³/mol. The van der Waals surface area contributed by atoms with E-state index in [-0.39, 0.29) is 16.7 Å². The average molecular weight is 396 g/mol. The van der Waals surface area contributed by atoms with Gasteiger partial charge in [0.25, 0.3) is 0 Å². The average Bonchev–Trinajstić information content (AvgIpc) is 3.30. The summed E-state index contributed by atoms with van der Waals surface area (Å²) >= 11 is 8.14. The van der Waals surface area contributed by atoms with E-state index in [1.165, 1.54) is 6.07 Å². The Bertz CT molecular complexity index is 1220. The summed E-state index contributed by atoms with van der Waals surface area (Å²) in [5.74, 6) is 0. The van der Waals surface area contributed by atoms with Crippen molar-refractivity contribution in [1.29, 1.82) is 0 Å². The number of allylic oxidation sites excluding steroid dienone is 2. The van der Waals surface area contributed by atoms with Gasteiger partial charge in [-0.1, -0.05) is 17.7 Å². The highest BCUT2D eigenvalue weighted by atomic mass is 35.5. The van der Waals surface area contributed by atoms with Crippen molar-refractivity contribution in [2.24, 2.45) is 12.0 Å². The van der Waals surface area contributed by atoms with Crippen LogP contribution in [0, 0.1) is 0 Å². The number of H-pyrrole nitrogens is 1. The summed E-state index contributed by atoms with van der Waals surface area (Å²) in [6.07, 6.45) is 7.53. The lowest BCUT2D eigenvalue weighted by atomic mass is 9.94. The zero-order valence-electron chi connectivity index (χ0n) is 14.3. The number of aryl methyl sites for hydroxylation is 1. The summed E-state index contributed by atoms with van der Waals surface area (Å²) in [4.78, 5) is 24.5. The van der Waals surface area contributed by atoms with E-state index in [2.05, 4.69) is 21.2 Å². The van der Waals surface area contributed by atoms with Crippen molar-refractivity contribution in [2.45, 2.75) is 11.3 Å². The van der Waals surface area contributed by atoms with Gasteiger partial charge in [-0.3, -0.25) is 14.5 Å². The van der Waals surface area contributed by atoms with E-state index >= 15 is 0 Å². The van der Waals surface area contributed by atoms with Crippen LogP contribution in [0.2, 0.25) is 0 Å². The van der Waals surface area contributed by atoms with Crippen LogP contribution in [0.5, 0.6) is 0 Å². The van der Waals surface area contributed by atoms with Crippen molar-refractivity contribution < 1.29 is 0 Å². The van der Waals surface area contributed by atoms with Crippen molar-refractivity contribution in [3.05, 3.63) is 63.6 Å². The number of aliphatic imine (C=N–C) groups is 1. The number of hydrogen-bond acceptors (Lipinski definition) is 5. The highest BCUT2D eigenvalue weighted by molar-refractivity contribution is 8.13. The van der Waals surface area contributed by atoms with E-state index in [1.54, 1.807) is 22.6 Å². The van der Waals surface area contributed by atoms with Crippen LogP contribution in [0.4, 0.5) is 0 Å². The molecule has 2 aliphatic rings. The minimum absolute atomic E-state index is 0.0319. The zero-order chi connectivity index (χ0) is 18.5. The molecule has 0 amide bonds. The summed E-state index contributed by atoms with van der Waals surface area (Å²) in [5.41, 5.74) is 5.51. The fraction of sp³-hybridized carbons (Fsp3) is 0.158. The summed E-state index contributed by atoms with van der Waals surface area (Å²) in [6, 6.07) is 5.25. The fourth-order valence-corrected chi connectivity index (χ4v) is 4.69. The van der Waals surface area contributed by atoms with Crippen LogP contribution >= 0.6 is 23.4 Å². The van der Waals surface area contributed by atoms with Crippen molar-refractivity contribution in [1.82, 2.24) is 19.7 Å². The highest BCUT2D eigenvalue weighted by Gasteiger charge is 2.30. The predicted octanol–water partition coefficient (Wildman–Crippen LogP) is 3.36. The molecule has 0 aromatic carbocycles. The van der Waals surface area contributed by atoms with Crippen molar-refractivity contribution >= 4 is 45.5 Å². The third-order valence-corrected chi connectivity index (χ3v) is 5.96. The Kier molecular flexibility index (Phi) is 3.80. The van der Waals surface area contributed by atoms with Crippen molar-refractivity contribution in [3.63, 3.8) is 0 Å². The summed E-state index contributed by atoms with van der Waals surface area (Å²) in [6.45, 7) is 0. The molecular formula is C19H14ClN5OS. The Balaban J connectivity index is 1.77. The lowest BCUT2D eigenvalue weighted by Crippen LogP contribution is -2.19. The number of thioether (sulfide) groups is 1. The number of aromatic nitrogens is 4. The molecule has 3 aromatic heterocycles. The number of rotatable bonds is 2. The summed E-state index contributed by atoms with van der Waals surface area (Å²) < 4.78 is 1.73. The number of nitrogens with one attached hydrogen (secondary N) is 1.